The Balaban J connectivity index is 2.63. The minimum atomic E-state index is 0.474. The molecule has 2 aromatic rings. The average Bonchev–Trinajstić information content (AvgIpc) is 2.35. The Kier molecular flexibility index (Phi) is 3.78. The summed E-state index contributed by atoms with van der Waals surface area (Å²) >= 11 is 0. The summed E-state index contributed by atoms with van der Waals surface area (Å²) < 4.78 is 0. The van der Waals surface area contributed by atoms with Gasteiger partial charge in [-0.1, -0.05) is 43.7 Å². The molecule has 0 aliphatic heterocycles. The fourth-order valence-electron chi connectivity index (χ4n) is 2.12. The van der Waals surface area contributed by atoms with Crippen LogP contribution in [0.4, 0.5) is 0 Å². The Morgan fingerprint density at radius 3 is 2.72 bits per heavy atom. The van der Waals surface area contributed by atoms with E-state index in [4.69, 9.17) is 5.73 Å². The molecule has 0 spiro atoms. The number of fused-ring (bicyclic) bond motifs is 1. The first-order valence-electron chi connectivity index (χ1n) is 6.38. The molecule has 0 amide bonds. The van der Waals surface area contributed by atoms with Crippen LogP contribution in [0.5, 0.6) is 0 Å². The molecule has 0 bridgehead atoms. The molecular formula is C16H20N2. The summed E-state index contributed by atoms with van der Waals surface area (Å²) in [5.41, 5.74) is 10.4. The first kappa shape index (κ1) is 12.8. The first-order chi connectivity index (χ1) is 8.61. The molecule has 1 aromatic heterocycles. The first-order valence-corrected chi connectivity index (χ1v) is 6.38. The standard InChI is InChI=1S/C16H20N2/c1-11(2)14(10-17)9-13-8-12(3)18-16-7-5-4-6-15(13)16/h4-9,11H,10,17H2,1-3H3. The third-order valence-corrected chi connectivity index (χ3v) is 3.19. The fourth-order valence-corrected chi connectivity index (χ4v) is 2.12. The van der Waals surface area contributed by atoms with Crippen LogP contribution in [0.2, 0.25) is 0 Å². The molecule has 94 valence electrons. The van der Waals surface area contributed by atoms with Crippen LogP contribution < -0.4 is 5.73 Å². The summed E-state index contributed by atoms with van der Waals surface area (Å²) in [6.45, 7) is 6.98. The molecule has 18 heavy (non-hydrogen) atoms. The van der Waals surface area contributed by atoms with E-state index in [1.54, 1.807) is 0 Å². The number of aryl methyl sites for hydroxylation is 1. The van der Waals surface area contributed by atoms with Gasteiger partial charge >= 0.3 is 0 Å². The maximum atomic E-state index is 5.82. The third kappa shape index (κ3) is 2.59. The van der Waals surface area contributed by atoms with E-state index < -0.39 is 0 Å². The number of nitrogens with zero attached hydrogens (tertiary/aromatic N) is 1. The molecule has 0 unspecified atom stereocenters. The van der Waals surface area contributed by atoms with Crippen LogP contribution in [-0.2, 0) is 0 Å². The van der Waals surface area contributed by atoms with Gasteiger partial charge in [0.1, 0.15) is 0 Å². The Bertz CT molecular complexity index is 583. The van der Waals surface area contributed by atoms with Crippen molar-refractivity contribution >= 4 is 17.0 Å². The van der Waals surface area contributed by atoms with Crippen molar-refractivity contribution in [3.63, 3.8) is 0 Å². The lowest BCUT2D eigenvalue weighted by Gasteiger charge is -2.10. The quantitative estimate of drug-likeness (QED) is 0.891. The van der Waals surface area contributed by atoms with Gasteiger partial charge in [0.2, 0.25) is 0 Å². The van der Waals surface area contributed by atoms with E-state index in [9.17, 15) is 0 Å². The van der Waals surface area contributed by atoms with E-state index in [1.165, 1.54) is 16.5 Å². The van der Waals surface area contributed by atoms with Crippen LogP contribution >= 0.6 is 0 Å². The number of hydrogen-bond donors (Lipinski definition) is 1. The summed E-state index contributed by atoms with van der Waals surface area (Å²) in [4.78, 5) is 4.55. The van der Waals surface area contributed by atoms with Gasteiger partial charge in [-0.05, 0) is 30.5 Å². The van der Waals surface area contributed by atoms with Crippen molar-refractivity contribution < 1.29 is 0 Å². The van der Waals surface area contributed by atoms with E-state index in [-0.39, 0.29) is 0 Å². The molecule has 0 saturated heterocycles. The minimum Gasteiger partial charge on any atom is -0.327 e. The third-order valence-electron chi connectivity index (χ3n) is 3.19. The van der Waals surface area contributed by atoms with Gasteiger partial charge in [-0.3, -0.25) is 4.98 Å². The van der Waals surface area contributed by atoms with Crippen LogP contribution in [0.1, 0.15) is 25.1 Å². The second-order valence-corrected chi connectivity index (χ2v) is 4.95. The predicted molar refractivity (Wildman–Crippen MR) is 78.3 cm³/mol. The van der Waals surface area contributed by atoms with Crippen molar-refractivity contribution in [2.45, 2.75) is 20.8 Å². The minimum absolute atomic E-state index is 0.474. The maximum absolute atomic E-state index is 5.82. The summed E-state index contributed by atoms with van der Waals surface area (Å²) in [7, 11) is 0. The van der Waals surface area contributed by atoms with Crippen LogP contribution in [0.3, 0.4) is 0 Å². The summed E-state index contributed by atoms with van der Waals surface area (Å²) in [5.74, 6) is 0.474. The Hall–Kier alpha value is -1.67. The molecule has 0 saturated carbocycles. The zero-order valence-electron chi connectivity index (χ0n) is 11.3. The van der Waals surface area contributed by atoms with Gasteiger partial charge in [0.15, 0.2) is 0 Å². The van der Waals surface area contributed by atoms with E-state index >= 15 is 0 Å². The number of aromatic nitrogens is 1. The van der Waals surface area contributed by atoms with Crippen molar-refractivity contribution in [3.05, 3.63) is 47.2 Å². The topological polar surface area (TPSA) is 38.9 Å². The van der Waals surface area contributed by atoms with Crippen LogP contribution in [0.15, 0.2) is 35.9 Å². The Morgan fingerprint density at radius 2 is 2.06 bits per heavy atom. The number of pyridine rings is 1. The molecule has 0 aliphatic rings. The smallest absolute Gasteiger partial charge is 0.0711 e. The number of para-hydroxylation sites is 1. The second-order valence-electron chi connectivity index (χ2n) is 4.95. The molecule has 2 rings (SSSR count). The number of rotatable bonds is 3. The molecule has 0 fully saturated rings. The predicted octanol–water partition coefficient (Wildman–Crippen LogP) is 3.54. The second kappa shape index (κ2) is 5.32. The van der Waals surface area contributed by atoms with Crippen molar-refractivity contribution in [2.24, 2.45) is 11.7 Å². The summed E-state index contributed by atoms with van der Waals surface area (Å²) in [5, 5.41) is 1.19. The van der Waals surface area contributed by atoms with Gasteiger partial charge in [0, 0.05) is 17.6 Å². The van der Waals surface area contributed by atoms with Crippen molar-refractivity contribution in [2.75, 3.05) is 6.54 Å². The normalized spacial score (nSPS) is 12.4. The molecule has 0 atom stereocenters. The lowest BCUT2D eigenvalue weighted by molar-refractivity contribution is 0.753. The SMILES string of the molecule is Cc1cc(C=C(CN)C(C)C)c2ccccc2n1. The van der Waals surface area contributed by atoms with Crippen LogP contribution in [-0.4, -0.2) is 11.5 Å². The van der Waals surface area contributed by atoms with Crippen molar-refractivity contribution in [1.82, 2.24) is 4.98 Å². The van der Waals surface area contributed by atoms with Gasteiger partial charge < -0.3 is 5.73 Å². The van der Waals surface area contributed by atoms with E-state index in [1.807, 2.05) is 19.1 Å². The number of benzene rings is 1. The average molecular weight is 240 g/mol. The lowest BCUT2D eigenvalue weighted by atomic mass is 9.98. The van der Waals surface area contributed by atoms with Gasteiger partial charge in [-0.15, -0.1) is 0 Å². The molecule has 1 heterocycles. The molecule has 2 nitrogen and oxygen atoms in total. The zero-order valence-corrected chi connectivity index (χ0v) is 11.3. The fraction of sp³-hybridized carbons (Fsp3) is 0.312. The Morgan fingerprint density at radius 1 is 1.33 bits per heavy atom. The molecule has 0 radical (unpaired) electrons. The summed E-state index contributed by atoms with van der Waals surface area (Å²) in [6, 6.07) is 10.4. The number of hydrogen-bond acceptors (Lipinski definition) is 2. The van der Waals surface area contributed by atoms with E-state index in [2.05, 4.69) is 43.1 Å². The summed E-state index contributed by atoms with van der Waals surface area (Å²) in [6.07, 6.45) is 2.21. The highest BCUT2D eigenvalue weighted by Gasteiger charge is 2.05. The molecular weight excluding hydrogens is 220 g/mol. The molecule has 2 heteroatoms. The van der Waals surface area contributed by atoms with Crippen LogP contribution in [0, 0.1) is 12.8 Å². The maximum Gasteiger partial charge on any atom is 0.0711 e. The van der Waals surface area contributed by atoms with Gasteiger partial charge in [-0.25, -0.2) is 0 Å². The van der Waals surface area contributed by atoms with E-state index in [0.29, 0.717) is 12.5 Å². The van der Waals surface area contributed by atoms with E-state index in [0.717, 1.165) is 11.2 Å². The highest BCUT2D eigenvalue weighted by Crippen LogP contribution is 2.22. The van der Waals surface area contributed by atoms with Gasteiger partial charge in [0.05, 0.1) is 5.52 Å². The van der Waals surface area contributed by atoms with Crippen LogP contribution in [0.25, 0.3) is 17.0 Å². The molecule has 1 aromatic carbocycles. The lowest BCUT2D eigenvalue weighted by Crippen LogP contribution is -2.08. The zero-order chi connectivity index (χ0) is 13.1. The monoisotopic (exact) mass is 240 g/mol. The Labute approximate surface area is 109 Å². The largest absolute Gasteiger partial charge is 0.327 e. The van der Waals surface area contributed by atoms with Crippen molar-refractivity contribution in [1.29, 1.82) is 0 Å². The number of nitrogens with two attached hydrogens (primary N) is 1. The molecule has 0 aliphatic carbocycles. The van der Waals surface area contributed by atoms with Gasteiger partial charge in [0.25, 0.3) is 0 Å². The highest BCUT2D eigenvalue weighted by molar-refractivity contribution is 5.88. The van der Waals surface area contributed by atoms with Crippen molar-refractivity contribution in [3.8, 4) is 0 Å². The van der Waals surface area contributed by atoms with Gasteiger partial charge in [-0.2, -0.15) is 0 Å². The highest BCUT2D eigenvalue weighted by atomic mass is 14.7. The molecule has 2 N–H and O–H groups in total.